The number of rotatable bonds is 5. The Labute approximate surface area is 96.3 Å². The van der Waals surface area contributed by atoms with Gasteiger partial charge >= 0.3 is 0 Å². The first-order valence-electron chi connectivity index (χ1n) is 5.44. The fourth-order valence-electron chi connectivity index (χ4n) is 1.49. The highest BCUT2D eigenvalue weighted by Gasteiger charge is 2.22. The van der Waals surface area contributed by atoms with Crippen molar-refractivity contribution >= 4 is 5.91 Å². The highest BCUT2D eigenvalue weighted by molar-refractivity contribution is 5.81. The molecule has 16 heavy (non-hydrogen) atoms. The van der Waals surface area contributed by atoms with E-state index in [9.17, 15) is 4.79 Å². The van der Waals surface area contributed by atoms with Crippen LogP contribution < -0.4 is 5.32 Å². The third kappa shape index (κ3) is 3.34. The molecule has 2 N–H and O–H groups in total. The van der Waals surface area contributed by atoms with E-state index in [1.807, 2.05) is 13.8 Å². The highest BCUT2D eigenvalue weighted by atomic mass is 16.2. The zero-order chi connectivity index (χ0) is 12.1. The summed E-state index contributed by atoms with van der Waals surface area (Å²) >= 11 is 0. The van der Waals surface area contributed by atoms with Crippen LogP contribution in [-0.4, -0.2) is 40.9 Å². The smallest absolute Gasteiger partial charge is 0.239 e. The van der Waals surface area contributed by atoms with Crippen molar-refractivity contribution < 1.29 is 4.79 Å². The number of amides is 1. The first-order chi connectivity index (χ1) is 7.52. The van der Waals surface area contributed by atoms with Gasteiger partial charge in [-0.15, -0.1) is 0 Å². The van der Waals surface area contributed by atoms with Crippen LogP contribution in [0.2, 0.25) is 0 Å². The zero-order valence-electron chi connectivity index (χ0n) is 10.3. The predicted molar refractivity (Wildman–Crippen MR) is 62.7 cm³/mol. The molecule has 0 radical (unpaired) electrons. The van der Waals surface area contributed by atoms with Crippen LogP contribution in [0.1, 0.15) is 19.5 Å². The number of aromatic nitrogens is 2. The van der Waals surface area contributed by atoms with Gasteiger partial charge in [-0.2, -0.15) is 0 Å². The molecule has 0 saturated carbocycles. The standard InChI is InChI=1S/C11H20N4O/c1-8(2)10(11(16)15(3)4)13-6-9-5-12-7-14-9/h5,7-8,10,13H,6H2,1-4H3,(H,12,14). The van der Waals surface area contributed by atoms with Crippen LogP contribution in [0.4, 0.5) is 0 Å². The van der Waals surface area contributed by atoms with E-state index in [0.717, 1.165) is 5.69 Å². The molecular weight excluding hydrogens is 204 g/mol. The number of nitrogens with zero attached hydrogens (tertiary/aromatic N) is 2. The van der Waals surface area contributed by atoms with Gasteiger partial charge in [-0.3, -0.25) is 10.1 Å². The second-order valence-corrected chi connectivity index (χ2v) is 4.41. The molecule has 90 valence electrons. The van der Waals surface area contributed by atoms with Crippen molar-refractivity contribution in [3.05, 3.63) is 18.2 Å². The molecule has 1 aromatic heterocycles. The molecule has 0 fully saturated rings. The van der Waals surface area contributed by atoms with E-state index in [0.29, 0.717) is 6.54 Å². The van der Waals surface area contributed by atoms with Gasteiger partial charge in [0.05, 0.1) is 12.4 Å². The summed E-state index contributed by atoms with van der Waals surface area (Å²) in [6.07, 6.45) is 3.39. The molecular formula is C11H20N4O. The maximum absolute atomic E-state index is 11.9. The van der Waals surface area contributed by atoms with E-state index in [1.54, 1.807) is 31.5 Å². The molecule has 1 aromatic rings. The van der Waals surface area contributed by atoms with Crippen LogP contribution >= 0.6 is 0 Å². The van der Waals surface area contributed by atoms with Crippen molar-refractivity contribution in [3.8, 4) is 0 Å². The summed E-state index contributed by atoms with van der Waals surface area (Å²) in [5, 5.41) is 3.24. The summed E-state index contributed by atoms with van der Waals surface area (Å²) in [7, 11) is 3.55. The van der Waals surface area contributed by atoms with Crippen LogP contribution in [0.15, 0.2) is 12.5 Å². The minimum Gasteiger partial charge on any atom is -0.347 e. The van der Waals surface area contributed by atoms with Crippen LogP contribution in [0.5, 0.6) is 0 Å². The average Bonchev–Trinajstić information content (AvgIpc) is 2.69. The molecule has 0 aliphatic heterocycles. The number of nitrogens with one attached hydrogen (secondary N) is 2. The number of hydrogen-bond acceptors (Lipinski definition) is 3. The molecule has 1 atom stereocenters. The van der Waals surface area contributed by atoms with Crippen molar-refractivity contribution in [2.24, 2.45) is 5.92 Å². The summed E-state index contributed by atoms with van der Waals surface area (Å²) in [4.78, 5) is 20.4. The van der Waals surface area contributed by atoms with Crippen molar-refractivity contribution in [1.82, 2.24) is 20.2 Å². The Balaban J connectivity index is 2.55. The molecule has 0 aromatic carbocycles. The summed E-state index contributed by atoms with van der Waals surface area (Å²) < 4.78 is 0. The Hall–Kier alpha value is -1.36. The quantitative estimate of drug-likeness (QED) is 0.770. The van der Waals surface area contributed by atoms with Crippen LogP contribution in [-0.2, 0) is 11.3 Å². The number of H-pyrrole nitrogens is 1. The lowest BCUT2D eigenvalue weighted by Gasteiger charge is -2.24. The summed E-state index contributed by atoms with van der Waals surface area (Å²) in [5.41, 5.74) is 0.984. The van der Waals surface area contributed by atoms with E-state index >= 15 is 0 Å². The number of imidazole rings is 1. The molecule has 5 nitrogen and oxygen atoms in total. The predicted octanol–water partition coefficient (Wildman–Crippen LogP) is 0.612. The minimum absolute atomic E-state index is 0.106. The van der Waals surface area contributed by atoms with Crippen molar-refractivity contribution in [2.75, 3.05) is 14.1 Å². The minimum atomic E-state index is -0.154. The maximum Gasteiger partial charge on any atom is 0.239 e. The van der Waals surface area contributed by atoms with Gasteiger partial charge in [-0.1, -0.05) is 13.8 Å². The normalized spacial score (nSPS) is 12.8. The molecule has 1 amide bonds. The van der Waals surface area contributed by atoms with Crippen molar-refractivity contribution in [3.63, 3.8) is 0 Å². The molecule has 1 heterocycles. The SMILES string of the molecule is CC(C)C(NCc1cnc[nH]1)C(=O)N(C)C. The Morgan fingerprint density at radius 1 is 1.56 bits per heavy atom. The maximum atomic E-state index is 11.9. The second-order valence-electron chi connectivity index (χ2n) is 4.41. The summed E-state index contributed by atoms with van der Waals surface area (Å²) in [6, 6.07) is -0.154. The van der Waals surface area contributed by atoms with E-state index in [4.69, 9.17) is 0 Å². The average molecular weight is 224 g/mol. The largest absolute Gasteiger partial charge is 0.347 e. The Morgan fingerprint density at radius 2 is 2.25 bits per heavy atom. The molecule has 0 aliphatic rings. The molecule has 0 aliphatic carbocycles. The number of hydrogen-bond donors (Lipinski definition) is 2. The van der Waals surface area contributed by atoms with Crippen LogP contribution in [0, 0.1) is 5.92 Å². The lowest BCUT2D eigenvalue weighted by atomic mass is 10.0. The van der Waals surface area contributed by atoms with Crippen molar-refractivity contribution in [1.29, 1.82) is 0 Å². The summed E-state index contributed by atoms with van der Waals surface area (Å²) in [6.45, 7) is 4.69. The van der Waals surface area contributed by atoms with Crippen LogP contribution in [0.25, 0.3) is 0 Å². The van der Waals surface area contributed by atoms with Gasteiger partial charge in [-0.25, -0.2) is 4.98 Å². The van der Waals surface area contributed by atoms with E-state index < -0.39 is 0 Å². The number of carbonyl (C=O) groups is 1. The Kier molecular flexibility index (Phi) is 4.49. The second kappa shape index (κ2) is 5.65. The number of likely N-dealkylation sites (N-methyl/N-ethyl adjacent to an activating group) is 1. The molecule has 1 rings (SSSR count). The zero-order valence-corrected chi connectivity index (χ0v) is 10.3. The number of carbonyl (C=O) groups excluding carboxylic acids is 1. The fourth-order valence-corrected chi connectivity index (χ4v) is 1.49. The first-order valence-corrected chi connectivity index (χ1v) is 5.44. The molecule has 0 bridgehead atoms. The molecule has 0 saturated heterocycles. The Morgan fingerprint density at radius 3 is 2.69 bits per heavy atom. The lowest BCUT2D eigenvalue weighted by Crippen LogP contribution is -2.46. The topological polar surface area (TPSA) is 61.0 Å². The van der Waals surface area contributed by atoms with Gasteiger partial charge in [-0.05, 0) is 5.92 Å². The van der Waals surface area contributed by atoms with Gasteiger partial charge in [0, 0.05) is 32.5 Å². The highest BCUT2D eigenvalue weighted by Crippen LogP contribution is 2.05. The number of aromatic amines is 1. The molecule has 5 heteroatoms. The monoisotopic (exact) mass is 224 g/mol. The van der Waals surface area contributed by atoms with Crippen LogP contribution in [0.3, 0.4) is 0 Å². The van der Waals surface area contributed by atoms with E-state index in [2.05, 4.69) is 15.3 Å². The van der Waals surface area contributed by atoms with Gasteiger partial charge in [0.25, 0.3) is 0 Å². The van der Waals surface area contributed by atoms with Gasteiger partial charge < -0.3 is 9.88 Å². The van der Waals surface area contributed by atoms with Crippen molar-refractivity contribution in [2.45, 2.75) is 26.4 Å². The first kappa shape index (κ1) is 12.7. The third-order valence-electron chi connectivity index (χ3n) is 2.44. The molecule has 1 unspecified atom stereocenters. The molecule has 0 spiro atoms. The Bertz CT molecular complexity index is 319. The van der Waals surface area contributed by atoms with E-state index in [1.165, 1.54) is 0 Å². The van der Waals surface area contributed by atoms with Gasteiger partial charge in [0.2, 0.25) is 5.91 Å². The third-order valence-corrected chi connectivity index (χ3v) is 2.44. The van der Waals surface area contributed by atoms with Gasteiger partial charge in [0.1, 0.15) is 0 Å². The summed E-state index contributed by atoms with van der Waals surface area (Å²) in [5.74, 6) is 0.368. The van der Waals surface area contributed by atoms with E-state index in [-0.39, 0.29) is 17.9 Å². The lowest BCUT2D eigenvalue weighted by molar-refractivity contribution is -0.132. The van der Waals surface area contributed by atoms with Gasteiger partial charge in [0.15, 0.2) is 0 Å². The fraction of sp³-hybridized carbons (Fsp3) is 0.636.